The van der Waals surface area contributed by atoms with Gasteiger partial charge >= 0.3 is 0 Å². The average molecular weight is 324 g/mol. The van der Waals surface area contributed by atoms with Crippen LogP contribution in [-0.2, 0) is 0 Å². The molecule has 2 heteroatoms. The highest BCUT2D eigenvalue weighted by Crippen LogP contribution is 2.50. The van der Waals surface area contributed by atoms with Crippen LogP contribution in [0.1, 0.15) is 51.9 Å². The Balaban J connectivity index is 1.77. The van der Waals surface area contributed by atoms with Crippen molar-refractivity contribution in [2.75, 3.05) is 0 Å². The van der Waals surface area contributed by atoms with Crippen molar-refractivity contribution < 1.29 is 0 Å². The smallest absolute Gasteiger partial charge is 0.0179 e. The third kappa shape index (κ3) is 3.03. The van der Waals surface area contributed by atoms with E-state index in [1.807, 2.05) is 0 Å². The van der Waals surface area contributed by atoms with Crippen LogP contribution < -0.4 is 0 Å². The fourth-order valence-corrected chi connectivity index (χ4v) is 5.33. The predicted octanol–water partition coefficient (Wildman–Crippen LogP) is 5.06. The highest BCUT2D eigenvalue weighted by Gasteiger charge is 2.39. The van der Waals surface area contributed by atoms with Gasteiger partial charge in [-0.1, -0.05) is 48.0 Å². The van der Waals surface area contributed by atoms with Crippen molar-refractivity contribution in [3.05, 3.63) is 0 Å². The van der Waals surface area contributed by atoms with E-state index in [0.717, 1.165) is 23.0 Å². The van der Waals surface area contributed by atoms with Crippen LogP contribution in [0.3, 0.4) is 0 Å². The van der Waals surface area contributed by atoms with Crippen LogP contribution in [0.2, 0.25) is 0 Å². The summed E-state index contributed by atoms with van der Waals surface area (Å²) in [5, 5.41) is 1.02. The zero-order valence-corrected chi connectivity index (χ0v) is 12.0. The third-order valence-electron chi connectivity index (χ3n) is 4.12. The van der Waals surface area contributed by atoms with Crippen LogP contribution in [0.5, 0.6) is 0 Å². The van der Waals surface area contributed by atoms with E-state index in [-0.39, 0.29) is 0 Å². The first-order valence-corrected chi connectivity index (χ1v) is 9.51. The molecule has 0 nitrogen and oxygen atoms in total. The van der Waals surface area contributed by atoms with E-state index in [9.17, 15) is 0 Å². The van der Waals surface area contributed by atoms with Crippen molar-refractivity contribution in [2.45, 2.75) is 57.1 Å². The Kier molecular flexibility index (Phi) is 4.48. The van der Waals surface area contributed by atoms with Crippen molar-refractivity contribution in [3.63, 3.8) is 0 Å². The predicted molar refractivity (Wildman–Crippen MR) is 73.9 cm³/mol. The van der Waals surface area contributed by atoms with Gasteiger partial charge in [-0.05, 0) is 51.8 Å². The molecule has 2 rings (SSSR count). The molecule has 14 heavy (non-hydrogen) atoms. The maximum atomic E-state index is 2.49. The zero-order chi connectivity index (χ0) is 9.97. The number of halogens is 1. The fourth-order valence-electron chi connectivity index (χ4n) is 2.89. The molecule has 0 spiro atoms. The number of hydrogen-bond acceptors (Lipinski definition) is 1. The molecular formula is C12H21IS. The SMILES string of the molecule is CC1CCCCC[C@H]1CC1CC1SI. The summed E-state index contributed by atoms with van der Waals surface area (Å²) in [6, 6.07) is 0. The molecule has 0 aromatic heterocycles. The van der Waals surface area contributed by atoms with E-state index >= 15 is 0 Å². The lowest BCUT2D eigenvalue weighted by molar-refractivity contribution is 0.304. The minimum atomic E-state index is 1.01. The first-order valence-electron chi connectivity index (χ1n) is 6.08. The Labute approximate surface area is 105 Å². The normalized spacial score (nSPS) is 43.3. The van der Waals surface area contributed by atoms with Crippen molar-refractivity contribution in [1.82, 2.24) is 0 Å². The molecule has 0 radical (unpaired) electrons. The van der Waals surface area contributed by atoms with E-state index in [4.69, 9.17) is 0 Å². The van der Waals surface area contributed by atoms with Gasteiger partial charge in [-0.2, -0.15) is 0 Å². The first-order chi connectivity index (χ1) is 6.81. The first kappa shape index (κ1) is 11.6. The fraction of sp³-hybridized carbons (Fsp3) is 1.00. The van der Waals surface area contributed by atoms with Gasteiger partial charge in [-0.3, -0.25) is 0 Å². The molecule has 2 saturated carbocycles. The summed E-state index contributed by atoms with van der Waals surface area (Å²) < 4.78 is 0. The van der Waals surface area contributed by atoms with Gasteiger partial charge in [0.25, 0.3) is 0 Å². The molecule has 0 saturated heterocycles. The standard InChI is InChI=1S/C12H21IS/c1-9-5-3-2-4-6-10(9)7-11-8-12(11)14-13/h9-12H,2-8H2,1H3/t9?,10-,11?,12?/m0/s1. The maximum Gasteiger partial charge on any atom is 0.0179 e. The van der Waals surface area contributed by atoms with Crippen LogP contribution in [0.4, 0.5) is 0 Å². The molecule has 4 atom stereocenters. The van der Waals surface area contributed by atoms with Gasteiger partial charge in [-0.25, -0.2) is 0 Å². The van der Waals surface area contributed by atoms with Crippen molar-refractivity contribution >= 4 is 30.1 Å². The summed E-state index contributed by atoms with van der Waals surface area (Å²) in [4.78, 5) is 0. The maximum absolute atomic E-state index is 2.49. The molecule has 0 amide bonds. The summed E-state index contributed by atoms with van der Waals surface area (Å²) in [7, 11) is 2.06. The zero-order valence-electron chi connectivity index (χ0n) is 9.05. The van der Waals surface area contributed by atoms with Crippen LogP contribution in [0, 0.1) is 17.8 Å². The molecule has 0 aliphatic heterocycles. The van der Waals surface area contributed by atoms with Gasteiger partial charge in [0.2, 0.25) is 0 Å². The second kappa shape index (κ2) is 5.42. The number of rotatable bonds is 3. The molecule has 0 aromatic rings. The van der Waals surface area contributed by atoms with E-state index < -0.39 is 0 Å². The summed E-state index contributed by atoms with van der Waals surface area (Å²) >= 11 is 2.48. The average Bonchev–Trinajstić information content (AvgIpc) is 2.94. The lowest BCUT2D eigenvalue weighted by Crippen LogP contribution is -2.11. The second-order valence-electron chi connectivity index (χ2n) is 5.23. The number of hydrogen-bond donors (Lipinski definition) is 0. The molecule has 0 bridgehead atoms. The summed E-state index contributed by atoms with van der Waals surface area (Å²) in [6.07, 6.45) is 10.6. The van der Waals surface area contributed by atoms with Gasteiger partial charge in [0.1, 0.15) is 0 Å². The monoisotopic (exact) mass is 324 g/mol. The lowest BCUT2D eigenvalue weighted by atomic mass is 9.85. The molecule has 2 aliphatic rings. The minimum Gasteiger partial charge on any atom is -0.0856 e. The van der Waals surface area contributed by atoms with Crippen LogP contribution >= 0.6 is 30.1 Å². The van der Waals surface area contributed by atoms with E-state index in [2.05, 4.69) is 37.1 Å². The van der Waals surface area contributed by atoms with Gasteiger partial charge in [0, 0.05) is 5.25 Å². The summed E-state index contributed by atoms with van der Waals surface area (Å²) in [5.41, 5.74) is 0. The molecule has 82 valence electrons. The minimum absolute atomic E-state index is 1.01. The lowest BCUT2D eigenvalue weighted by Gasteiger charge is -2.21. The molecule has 0 aromatic carbocycles. The highest BCUT2D eigenvalue weighted by molar-refractivity contribution is 14.2. The van der Waals surface area contributed by atoms with Crippen LogP contribution in [-0.4, -0.2) is 5.25 Å². The molecule has 0 heterocycles. The Bertz CT molecular complexity index is 183. The molecule has 3 unspecified atom stereocenters. The van der Waals surface area contributed by atoms with Crippen molar-refractivity contribution in [2.24, 2.45) is 17.8 Å². The van der Waals surface area contributed by atoms with E-state index in [1.165, 1.54) is 38.5 Å². The van der Waals surface area contributed by atoms with Gasteiger partial charge in [0.15, 0.2) is 0 Å². The molecule has 0 N–H and O–H groups in total. The highest BCUT2D eigenvalue weighted by atomic mass is 127. The van der Waals surface area contributed by atoms with Gasteiger partial charge in [-0.15, -0.1) is 0 Å². The summed E-state index contributed by atoms with van der Waals surface area (Å²) in [5.74, 6) is 3.16. The second-order valence-corrected chi connectivity index (χ2v) is 7.54. The quantitative estimate of drug-likeness (QED) is 0.516. The van der Waals surface area contributed by atoms with Gasteiger partial charge < -0.3 is 0 Å². The molecular weight excluding hydrogens is 303 g/mol. The van der Waals surface area contributed by atoms with Crippen LogP contribution in [0.15, 0.2) is 0 Å². The summed E-state index contributed by atoms with van der Waals surface area (Å²) in [6.45, 7) is 2.49. The largest absolute Gasteiger partial charge is 0.0856 e. The van der Waals surface area contributed by atoms with E-state index in [0.29, 0.717) is 0 Å². The molecule has 2 fully saturated rings. The Hall–Kier alpha value is 1.08. The van der Waals surface area contributed by atoms with Crippen molar-refractivity contribution in [1.29, 1.82) is 0 Å². The Morgan fingerprint density at radius 3 is 2.64 bits per heavy atom. The Morgan fingerprint density at radius 2 is 1.93 bits per heavy atom. The topological polar surface area (TPSA) is 0 Å². The Morgan fingerprint density at radius 1 is 1.14 bits per heavy atom. The molecule has 2 aliphatic carbocycles. The van der Waals surface area contributed by atoms with Crippen LogP contribution in [0.25, 0.3) is 0 Å². The van der Waals surface area contributed by atoms with Crippen molar-refractivity contribution in [3.8, 4) is 0 Å². The van der Waals surface area contributed by atoms with Gasteiger partial charge in [0.05, 0.1) is 0 Å². The van der Waals surface area contributed by atoms with E-state index in [1.54, 1.807) is 6.42 Å². The third-order valence-corrected chi connectivity index (χ3v) is 6.88.